The molecule has 0 unspecified atom stereocenters. The Balaban J connectivity index is 2.43. The number of rotatable bonds is 17. The maximum atomic E-state index is 13.9. The highest BCUT2D eigenvalue weighted by molar-refractivity contribution is 5.96. The molecule has 278 valence electrons. The number of carboxylic acids is 1. The second kappa shape index (κ2) is 21.7. The van der Waals surface area contributed by atoms with Crippen LogP contribution in [0.15, 0.2) is 36.4 Å². The van der Waals surface area contributed by atoms with Crippen LogP contribution in [-0.4, -0.2) is 88.9 Å². The number of nitrogens with two attached hydrogens (primary N) is 3. The number of ketones is 1. The van der Waals surface area contributed by atoms with E-state index in [2.05, 4.69) is 21.3 Å². The van der Waals surface area contributed by atoms with Crippen molar-refractivity contribution in [3.8, 4) is 5.75 Å². The van der Waals surface area contributed by atoms with E-state index in [9.17, 15) is 39.0 Å². The molecule has 50 heavy (non-hydrogen) atoms. The van der Waals surface area contributed by atoms with Gasteiger partial charge in [0.15, 0.2) is 5.78 Å². The lowest BCUT2D eigenvalue weighted by Crippen LogP contribution is -2.58. The average molecular weight is 702 g/mol. The summed E-state index contributed by atoms with van der Waals surface area (Å²) in [6.07, 6.45) is 5.06. The van der Waals surface area contributed by atoms with E-state index >= 15 is 0 Å². The number of aromatic hydroxyl groups is 1. The van der Waals surface area contributed by atoms with Gasteiger partial charge in [-0.15, -0.1) is 0 Å². The highest BCUT2D eigenvalue weighted by atomic mass is 16.4. The third kappa shape index (κ3) is 14.6. The fourth-order valence-electron chi connectivity index (χ4n) is 5.60. The molecule has 12 N–H and O–H groups in total. The van der Waals surface area contributed by atoms with E-state index in [4.69, 9.17) is 17.2 Å². The number of carboxylic acid groups (broad SMARTS) is 1. The number of amides is 4. The summed E-state index contributed by atoms with van der Waals surface area (Å²) in [5.41, 5.74) is 18.0. The molecule has 2 rings (SSSR count). The molecule has 0 fully saturated rings. The van der Waals surface area contributed by atoms with Crippen LogP contribution < -0.4 is 38.5 Å². The summed E-state index contributed by atoms with van der Waals surface area (Å²) in [4.78, 5) is 79.4. The third-order valence-electron chi connectivity index (χ3n) is 8.44. The Labute approximate surface area is 293 Å². The lowest BCUT2D eigenvalue weighted by atomic mass is 9.89. The van der Waals surface area contributed by atoms with Gasteiger partial charge < -0.3 is 48.7 Å². The largest absolute Gasteiger partial charge is 0.508 e. The third-order valence-corrected chi connectivity index (χ3v) is 8.44. The van der Waals surface area contributed by atoms with Gasteiger partial charge in [-0.25, -0.2) is 0 Å². The van der Waals surface area contributed by atoms with Crippen molar-refractivity contribution in [2.45, 2.75) is 108 Å². The topological polar surface area (TPSA) is 269 Å². The molecular weight excluding hydrogens is 646 g/mol. The predicted octanol–water partition coefficient (Wildman–Crippen LogP) is 0.125. The van der Waals surface area contributed by atoms with Crippen molar-refractivity contribution in [3.63, 3.8) is 0 Å². The van der Waals surface area contributed by atoms with Crippen molar-refractivity contribution in [1.29, 1.82) is 0 Å². The predicted molar refractivity (Wildman–Crippen MR) is 187 cm³/mol. The summed E-state index contributed by atoms with van der Waals surface area (Å²) in [7, 11) is 0. The van der Waals surface area contributed by atoms with Crippen LogP contribution >= 0.6 is 0 Å². The maximum absolute atomic E-state index is 13.9. The normalized spacial score (nSPS) is 21.7. The molecule has 0 saturated heterocycles. The molecule has 0 aliphatic carbocycles. The van der Waals surface area contributed by atoms with Crippen LogP contribution in [0.5, 0.6) is 5.75 Å². The Morgan fingerprint density at radius 3 is 2.04 bits per heavy atom. The van der Waals surface area contributed by atoms with E-state index in [0.717, 1.165) is 0 Å². The molecule has 4 amide bonds. The molecule has 1 heterocycles. The lowest BCUT2D eigenvalue weighted by Gasteiger charge is -2.27. The Bertz CT molecular complexity index is 1320. The van der Waals surface area contributed by atoms with Crippen LogP contribution in [0.1, 0.15) is 77.2 Å². The molecule has 1 aromatic rings. The summed E-state index contributed by atoms with van der Waals surface area (Å²) in [5, 5.41) is 30.3. The Morgan fingerprint density at radius 1 is 0.860 bits per heavy atom. The highest BCUT2D eigenvalue weighted by Crippen LogP contribution is 2.19. The fourth-order valence-corrected chi connectivity index (χ4v) is 5.60. The molecule has 1 aliphatic rings. The smallest absolute Gasteiger partial charge is 0.306 e. The average Bonchev–Trinajstić information content (AvgIpc) is 3.06. The fraction of sp³-hybridized carbons (Fsp3) is 0.600. The van der Waals surface area contributed by atoms with Crippen molar-refractivity contribution in [2.24, 2.45) is 29.0 Å². The molecule has 15 heteroatoms. The van der Waals surface area contributed by atoms with Crippen molar-refractivity contribution < 1.29 is 39.0 Å². The van der Waals surface area contributed by atoms with Crippen LogP contribution in [0.25, 0.3) is 0 Å². The molecule has 0 spiro atoms. The zero-order chi connectivity index (χ0) is 37.2. The number of benzene rings is 1. The van der Waals surface area contributed by atoms with Crippen LogP contribution in [0.2, 0.25) is 0 Å². The Morgan fingerprint density at radius 2 is 1.44 bits per heavy atom. The number of Topliss-reactive ketones (excluding diaryl/α,β-unsaturated/α-hetero) is 1. The van der Waals surface area contributed by atoms with Crippen LogP contribution in [-0.2, 0) is 35.2 Å². The van der Waals surface area contributed by atoms with Gasteiger partial charge in [0.05, 0.1) is 18.0 Å². The molecular formula is C35H55N7O8. The molecule has 0 bridgehead atoms. The Kier molecular flexibility index (Phi) is 18.1. The monoisotopic (exact) mass is 701 g/mol. The van der Waals surface area contributed by atoms with E-state index < -0.39 is 71.5 Å². The molecule has 1 aliphatic heterocycles. The first-order chi connectivity index (χ1) is 23.7. The van der Waals surface area contributed by atoms with E-state index in [-0.39, 0.29) is 63.2 Å². The van der Waals surface area contributed by atoms with E-state index in [0.29, 0.717) is 31.4 Å². The van der Waals surface area contributed by atoms with E-state index in [1.54, 1.807) is 24.3 Å². The SMILES string of the molecule is CC(C)C[C@H](CC(=O)[C@H](Cc1ccc(O)cc1)NC(=O)[C@@H]1CC=CC[C@H](N)C(=O)N[C@@H](CCCN)C(=O)N[C@@H](CCCCN)C(=O)N1)C(=O)O. The number of carbonyl (C=O) groups excluding carboxylic acids is 5. The minimum absolute atomic E-state index is 0.00129. The molecule has 6 atom stereocenters. The van der Waals surface area contributed by atoms with Crippen LogP contribution in [0.4, 0.5) is 0 Å². The Hall–Kier alpha value is -4.34. The van der Waals surface area contributed by atoms with Crippen LogP contribution in [0, 0.1) is 11.8 Å². The summed E-state index contributed by atoms with van der Waals surface area (Å²) in [5.74, 6) is -5.09. The van der Waals surface area contributed by atoms with Gasteiger partial charge in [0.25, 0.3) is 0 Å². The van der Waals surface area contributed by atoms with Gasteiger partial charge >= 0.3 is 5.97 Å². The standard InChI is InChI=1S/C35H55N7O8/c1-21(2)18-23(35(49)50)20-30(44)29(19-22-12-14-24(43)15-13-22)42-34(48)26-9-4-3-8-25(38)31(45)39-28(11-7-17-37)33(47)41-27(32(46)40-26)10-5-6-16-36/h3-4,12-15,21,23,25-29,43H,5-11,16-20,36-38H2,1-2H3,(H,39,45)(H,40,46)(H,41,47)(H,42,48)(H,49,50)/t23-,25+,26+,27+,28+,29+/m1/s1. The second-order valence-electron chi connectivity index (χ2n) is 13.2. The first-order valence-electron chi connectivity index (χ1n) is 17.3. The number of hydrogen-bond acceptors (Lipinski definition) is 10. The summed E-state index contributed by atoms with van der Waals surface area (Å²) >= 11 is 0. The van der Waals surface area contributed by atoms with Crippen LogP contribution in [0.3, 0.4) is 0 Å². The van der Waals surface area contributed by atoms with Crippen molar-refractivity contribution in [2.75, 3.05) is 13.1 Å². The summed E-state index contributed by atoms with van der Waals surface area (Å²) < 4.78 is 0. The summed E-state index contributed by atoms with van der Waals surface area (Å²) in [6, 6.07) is 0.607. The zero-order valence-corrected chi connectivity index (χ0v) is 29.1. The number of unbranched alkanes of at least 4 members (excludes halogenated alkanes) is 1. The van der Waals surface area contributed by atoms with Gasteiger partial charge in [0.2, 0.25) is 23.6 Å². The first kappa shape index (κ1) is 41.8. The van der Waals surface area contributed by atoms with Gasteiger partial charge in [0.1, 0.15) is 23.9 Å². The van der Waals surface area contributed by atoms with Crippen molar-refractivity contribution in [3.05, 3.63) is 42.0 Å². The number of phenols is 1. The zero-order valence-electron chi connectivity index (χ0n) is 29.1. The van der Waals surface area contributed by atoms with Crippen molar-refractivity contribution in [1.82, 2.24) is 21.3 Å². The molecule has 0 aromatic heterocycles. The first-order valence-corrected chi connectivity index (χ1v) is 17.3. The lowest BCUT2D eigenvalue weighted by molar-refractivity contribution is -0.144. The number of carbonyl (C=O) groups is 6. The van der Waals surface area contributed by atoms with Gasteiger partial charge in [0, 0.05) is 6.42 Å². The van der Waals surface area contributed by atoms with Gasteiger partial charge in [-0.2, -0.15) is 0 Å². The quantitative estimate of drug-likeness (QED) is 0.0778. The minimum Gasteiger partial charge on any atom is -0.508 e. The number of hydrogen-bond donors (Lipinski definition) is 9. The van der Waals surface area contributed by atoms with E-state index in [1.165, 1.54) is 12.1 Å². The van der Waals surface area contributed by atoms with Gasteiger partial charge in [-0.1, -0.05) is 38.1 Å². The van der Waals surface area contributed by atoms with Gasteiger partial charge in [-0.05, 0) is 94.5 Å². The molecule has 15 nitrogen and oxygen atoms in total. The van der Waals surface area contributed by atoms with E-state index in [1.807, 2.05) is 13.8 Å². The summed E-state index contributed by atoms with van der Waals surface area (Å²) in [6.45, 7) is 4.34. The van der Waals surface area contributed by atoms with Crippen molar-refractivity contribution >= 4 is 35.4 Å². The molecule has 0 radical (unpaired) electrons. The highest BCUT2D eigenvalue weighted by Gasteiger charge is 2.33. The van der Waals surface area contributed by atoms with Gasteiger partial charge in [-0.3, -0.25) is 28.8 Å². The number of nitrogens with one attached hydrogen (secondary N) is 4. The maximum Gasteiger partial charge on any atom is 0.306 e. The second-order valence-corrected chi connectivity index (χ2v) is 13.2. The molecule has 0 saturated carbocycles. The minimum atomic E-state index is -1.21. The molecule has 1 aromatic carbocycles. The number of phenolic OH excluding ortho intramolecular Hbond substituents is 1. The number of aliphatic carboxylic acids is 1.